The van der Waals surface area contributed by atoms with Crippen molar-refractivity contribution < 1.29 is 9.53 Å². The highest BCUT2D eigenvalue weighted by Gasteiger charge is 2.03. The molecule has 120 valence electrons. The van der Waals surface area contributed by atoms with Gasteiger partial charge in [0.1, 0.15) is 12.7 Å². The molecule has 0 saturated heterocycles. The van der Waals surface area contributed by atoms with Gasteiger partial charge in [0.2, 0.25) is 0 Å². The maximum atomic E-state index is 11.6. The fourth-order valence-electron chi connectivity index (χ4n) is 1.96. The molecule has 5 nitrogen and oxygen atoms in total. The smallest absolute Gasteiger partial charge is 0.407 e. The van der Waals surface area contributed by atoms with Crippen molar-refractivity contribution in [3.63, 3.8) is 0 Å². The third-order valence-corrected chi connectivity index (χ3v) is 3.16. The van der Waals surface area contributed by atoms with Gasteiger partial charge in [-0.05, 0) is 17.7 Å². The van der Waals surface area contributed by atoms with Crippen LogP contribution in [-0.4, -0.2) is 12.6 Å². The number of rotatable bonds is 4. The predicted octanol–water partition coefficient (Wildman–Crippen LogP) is 2.81. The molecule has 0 aromatic heterocycles. The van der Waals surface area contributed by atoms with E-state index in [9.17, 15) is 4.79 Å². The highest BCUT2D eigenvalue weighted by Crippen LogP contribution is 2.14. The summed E-state index contributed by atoms with van der Waals surface area (Å²) in [4.78, 5) is 11.6. The molecule has 0 spiro atoms. The minimum absolute atomic E-state index is 0.229. The zero-order chi connectivity index (χ0) is 17.2. The van der Waals surface area contributed by atoms with Crippen LogP contribution in [0.25, 0.3) is 0 Å². The predicted molar refractivity (Wildman–Crippen MR) is 91.7 cm³/mol. The largest absolute Gasteiger partial charge is 0.445 e. The minimum atomic E-state index is -0.484. The second-order valence-corrected chi connectivity index (χ2v) is 4.92. The van der Waals surface area contributed by atoms with E-state index < -0.39 is 6.09 Å². The molecular weight excluding hydrogens is 302 g/mol. The monoisotopic (exact) mass is 319 g/mol. The summed E-state index contributed by atoms with van der Waals surface area (Å²) in [6.45, 7) is 0.595. The number of carbonyl (C=O) groups excluding carboxylic acids is 1. The van der Waals surface area contributed by atoms with Crippen LogP contribution in [0.15, 0.2) is 48.5 Å². The molecule has 2 rings (SSSR count). The number of carbonyl (C=O) groups is 1. The molecule has 2 aromatic carbocycles. The van der Waals surface area contributed by atoms with Crippen molar-refractivity contribution in [1.29, 1.82) is 5.26 Å². The highest BCUT2D eigenvalue weighted by atomic mass is 16.5. The summed E-state index contributed by atoms with van der Waals surface area (Å²) >= 11 is 0. The van der Waals surface area contributed by atoms with Crippen LogP contribution < -0.4 is 11.1 Å². The number of nitrogen functional groups attached to an aromatic ring is 1. The molecule has 5 heteroatoms. The van der Waals surface area contributed by atoms with Gasteiger partial charge >= 0.3 is 6.09 Å². The summed E-state index contributed by atoms with van der Waals surface area (Å²) in [6.07, 6.45) is -0.0394. The van der Waals surface area contributed by atoms with E-state index in [4.69, 9.17) is 15.7 Å². The van der Waals surface area contributed by atoms with Gasteiger partial charge in [-0.25, -0.2) is 4.79 Å². The van der Waals surface area contributed by atoms with Gasteiger partial charge < -0.3 is 15.8 Å². The third kappa shape index (κ3) is 5.08. The summed E-state index contributed by atoms with van der Waals surface area (Å²) in [5.41, 5.74) is 8.02. The van der Waals surface area contributed by atoms with Crippen molar-refractivity contribution in [3.8, 4) is 17.9 Å². The maximum Gasteiger partial charge on any atom is 0.407 e. The Balaban J connectivity index is 1.75. The molecule has 0 aliphatic carbocycles. The molecule has 0 heterocycles. The molecule has 0 aliphatic heterocycles. The number of nitrogens with two attached hydrogens (primary N) is 1. The minimum Gasteiger partial charge on any atom is -0.445 e. The molecule has 0 fully saturated rings. The number of hydrogen-bond acceptors (Lipinski definition) is 4. The van der Waals surface area contributed by atoms with Crippen LogP contribution in [0, 0.1) is 23.2 Å². The number of nitriles is 1. The number of hydrogen-bond donors (Lipinski definition) is 2. The molecule has 0 unspecified atom stereocenters. The number of alkyl carbamates (subject to hydrolysis) is 1. The van der Waals surface area contributed by atoms with Gasteiger partial charge in [0, 0.05) is 18.5 Å². The zero-order valence-electron chi connectivity index (χ0n) is 13.1. The van der Waals surface area contributed by atoms with Crippen molar-refractivity contribution in [3.05, 3.63) is 65.2 Å². The van der Waals surface area contributed by atoms with Crippen LogP contribution in [-0.2, 0) is 11.3 Å². The Bertz CT molecular complexity index is 799. The Labute approximate surface area is 141 Å². The standard InChI is InChI=1S/C19H17N3O2/c20-13-17-16(10-6-11-18(17)21)9-4-5-12-22-19(23)24-14-15-7-2-1-3-8-15/h1-3,6-8,10-11H,5,12,14,21H2,(H,22,23). The molecule has 0 bridgehead atoms. The Kier molecular flexibility index (Phi) is 6.25. The lowest BCUT2D eigenvalue weighted by Gasteiger charge is -2.05. The molecule has 3 N–H and O–H groups in total. The number of amides is 1. The molecule has 2 aromatic rings. The molecular formula is C19H17N3O2. The van der Waals surface area contributed by atoms with Crippen LogP contribution >= 0.6 is 0 Å². The fourth-order valence-corrected chi connectivity index (χ4v) is 1.96. The van der Waals surface area contributed by atoms with Crippen molar-refractivity contribution in [1.82, 2.24) is 5.32 Å². The summed E-state index contributed by atoms with van der Waals surface area (Å²) in [7, 11) is 0. The molecule has 0 atom stereocenters. The highest BCUT2D eigenvalue weighted by molar-refractivity contribution is 5.67. The van der Waals surface area contributed by atoms with Crippen molar-refractivity contribution in [2.45, 2.75) is 13.0 Å². The van der Waals surface area contributed by atoms with E-state index in [1.807, 2.05) is 36.4 Å². The molecule has 0 radical (unpaired) electrons. The number of anilines is 1. The summed E-state index contributed by atoms with van der Waals surface area (Å²) in [5, 5.41) is 11.7. The zero-order valence-corrected chi connectivity index (χ0v) is 13.1. The average Bonchev–Trinajstić information content (AvgIpc) is 2.60. The summed E-state index contributed by atoms with van der Waals surface area (Å²) < 4.78 is 5.09. The van der Waals surface area contributed by atoms with Gasteiger partial charge in [-0.3, -0.25) is 0 Å². The Hall–Kier alpha value is -3.44. The van der Waals surface area contributed by atoms with E-state index in [1.54, 1.807) is 18.2 Å². The Morgan fingerprint density at radius 2 is 1.96 bits per heavy atom. The van der Waals surface area contributed by atoms with Gasteiger partial charge in [0.05, 0.1) is 11.3 Å². The normalized spacial score (nSPS) is 9.29. The first-order valence-corrected chi connectivity index (χ1v) is 7.42. The number of nitrogens with zero attached hydrogens (tertiary/aromatic N) is 1. The quantitative estimate of drug-likeness (QED) is 0.515. The first kappa shape index (κ1) is 16.9. The van der Waals surface area contributed by atoms with Gasteiger partial charge in [-0.2, -0.15) is 5.26 Å². The second-order valence-electron chi connectivity index (χ2n) is 4.92. The lowest BCUT2D eigenvalue weighted by molar-refractivity contribution is 0.140. The molecule has 0 aliphatic rings. The van der Waals surface area contributed by atoms with Crippen LogP contribution in [0.4, 0.5) is 10.5 Å². The van der Waals surface area contributed by atoms with E-state index in [2.05, 4.69) is 17.2 Å². The Morgan fingerprint density at radius 3 is 2.71 bits per heavy atom. The number of benzene rings is 2. The fraction of sp³-hybridized carbons (Fsp3) is 0.158. The number of nitrogens with one attached hydrogen (secondary N) is 1. The van der Waals surface area contributed by atoms with Crippen LogP contribution in [0.1, 0.15) is 23.1 Å². The van der Waals surface area contributed by atoms with Gasteiger partial charge in [0.25, 0.3) is 0 Å². The van der Waals surface area contributed by atoms with E-state index in [0.717, 1.165) is 5.56 Å². The average molecular weight is 319 g/mol. The topological polar surface area (TPSA) is 88.1 Å². The number of ether oxygens (including phenoxy) is 1. The Morgan fingerprint density at radius 1 is 1.17 bits per heavy atom. The SMILES string of the molecule is N#Cc1c(N)cccc1C#CCCNC(=O)OCc1ccccc1. The second kappa shape index (κ2) is 8.87. The lowest BCUT2D eigenvalue weighted by Crippen LogP contribution is -2.24. The molecule has 24 heavy (non-hydrogen) atoms. The van der Waals surface area contributed by atoms with E-state index in [-0.39, 0.29) is 6.61 Å². The van der Waals surface area contributed by atoms with E-state index in [0.29, 0.717) is 29.8 Å². The first-order chi connectivity index (χ1) is 11.7. The van der Waals surface area contributed by atoms with Crippen molar-refractivity contribution in [2.24, 2.45) is 0 Å². The third-order valence-electron chi connectivity index (χ3n) is 3.16. The van der Waals surface area contributed by atoms with E-state index >= 15 is 0 Å². The summed E-state index contributed by atoms with van der Waals surface area (Å²) in [5.74, 6) is 5.80. The molecule has 1 amide bonds. The van der Waals surface area contributed by atoms with E-state index in [1.165, 1.54) is 0 Å². The first-order valence-electron chi connectivity index (χ1n) is 7.42. The van der Waals surface area contributed by atoms with Crippen LogP contribution in [0.5, 0.6) is 0 Å². The maximum absolute atomic E-state index is 11.6. The van der Waals surface area contributed by atoms with Crippen LogP contribution in [0.3, 0.4) is 0 Å². The molecule has 0 saturated carbocycles. The summed E-state index contributed by atoms with van der Waals surface area (Å²) in [6, 6.07) is 16.6. The van der Waals surface area contributed by atoms with Crippen LogP contribution in [0.2, 0.25) is 0 Å². The van der Waals surface area contributed by atoms with Crippen molar-refractivity contribution >= 4 is 11.8 Å². The van der Waals surface area contributed by atoms with Crippen molar-refractivity contribution in [2.75, 3.05) is 12.3 Å². The van der Waals surface area contributed by atoms with Gasteiger partial charge in [-0.1, -0.05) is 48.2 Å². The van der Waals surface area contributed by atoms with Gasteiger partial charge in [0.15, 0.2) is 0 Å². The van der Waals surface area contributed by atoms with Gasteiger partial charge in [-0.15, -0.1) is 0 Å². The lowest BCUT2D eigenvalue weighted by atomic mass is 10.1.